The molecule has 26 heavy (non-hydrogen) atoms. The van der Waals surface area contributed by atoms with Gasteiger partial charge in [-0.1, -0.05) is 23.8 Å². The molecule has 0 aliphatic heterocycles. The molecule has 0 unspecified atom stereocenters. The first-order chi connectivity index (χ1) is 12.7. The summed E-state index contributed by atoms with van der Waals surface area (Å²) in [5.74, 6) is 1.89. The SMILES string of the molecule is Cc1ccc(Oc2ccc(OCC(=O)NCc3ccccn3)cc2)cc1. The fourth-order valence-corrected chi connectivity index (χ4v) is 2.24. The highest BCUT2D eigenvalue weighted by atomic mass is 16.5. The number of carbonyl (C=O) groups excluding carboxylic acids is 1. The largest absolute Gasteiger partial charge is 0.484 e. The van der Waals surface area contributed by atoms with Gasteiger partial charge in [0.15, 0.2) is 6.61 Å². The predicted octanol–water partition coefficient (Wildman–Crippen LogP) is 3.88. The minimum absolute atomic E-state index is 0.0506. The van der Waals surface area contributed by atoms with E-state index in [1.807, 2.05) is 49.4 Å². The van der Waals surface area contributed by atoms with Gasteiger partial charge < -0.3 is 14.8 Å². The van der Waals surface area contributed by atoms with Gasteiger partial charge in [0, 0.05) is 6.20 Å². The molecule has 0 bridgehead atoms. The molecule has 3 aromatic rings. The summed E-state index contributed by atoms with van der Waals surface area (Å²) in [5.41, 5.74) is 1.99. The number of benzene rings is 2. The number of nitrogens with one attached hydrogen (secondary N) is 1. The topological polar surface area (TPSA) is 60.5 Å². The lowest BCUT2D eigenvalue weighted by atomic mass is 10.2. The molecule has 1 N–H and O–H groups in total. The van der Waals surface area contributed by atoms with Crippen molar-refractivity contribution in [3.05, 3.63) is 84.2 Å². The number of amides is 1. The van der Waals surface area contributed by atoms with Crippen molar-refractivity contribution in [2.24, 2.45) is 0 Å². The van der Waals surface area contributed by atoms with Crippen molar-refractivity contribution in [2.75, 3.05) is 6.61 Å². The molecule has 0 saturated heterocycles. The Balaban J connectivity index is 1.45. The maximum Gasteiger partial charge on any atom is 0.258 e. The quantitative estimate of drug-likeness (QED) is 0.704. The highest BCUT2D eigenvalue weighted by Gasteiger charge is 2.04. The van der Waals surface area contributed by atoms with E-state index < -0.39 is 0 Å². The number of rotatable bonds is 7. The summed E-state index contributed by atoms with van der Waals surface area (Å²) in [4.78, 5) is 16.0. The number of hydrogen-bond acceptors (Lipinski definition) is 4. The van der Waals surface area contributed by atoms with Crippen LogP contribution in [0.25, 0.3) is 0 Å². The summed E-state index contributed by atoms with van der Waals surface area (Å²) in [6.45, 7) is 2.36. The van der Waals surface area contributed by atoms with Crippen LogP contribution in [-0.4, -0.2) is 17.5 Å². The molecule has 0 atom stereocenters. The van der Waals surface area contributed by atoms with E-state index in [2.05, 4.69) is 10.3 Å². The van der Waals surface area contributed by atoms with Gasteiger partial charge in [0.25, 0.3) is 5.91 Å². The second-order valence-corrected chi connectivity index (χ2v) is 5.77. The van der Waals surface area contributed by atoms with Crippen LogP contribution in [-0.2, 0) is 11.3 Å². The van der Waals surface area contributed by atoms with E-state index in [4.69, 9.17) is 9.47 Å². The van der Waals surface area contributed by atoms with Crippen LogP contribution in [0.3, 0.4) is 0 Å². The fourth-order valence-electron chi connectivity index (χ4n) is 2.24. The molecule has 0 saturated carbocycles. The molecular weight excluding hydrogens is 328 g/mol. The third kappa shape index (κ3) is 5.34. The van der Waals surface area contributed by atoms with Crippen molar-refractivity contribution in [2.45, 2.75) is 13.5 Å². The Morgan fingerprint density at radius 2 is 1.58 bits per heavy atom. The van der Waals surface area contributed by atoms with E-state index in [0.29, 0.717) is 18.0 Å². The van der Waals surface area contributed by atoms with Crippen LogP contribution in [0.15, 0.2) is 72.9 Å². The molecule has 0 fully saturated rings. The number of nitrogens with zero attached hydrogens (tertiary/aromatic N) is 1. The standard InChI is InChI=1S/C21H20N2O3/c1-16-5-7-19(8-6-16)26-20-11-9-18(10-12-20)25-15-21(24)23-14-17-4-2-3-13-22-17/h2-13H,14-15H2,1H3,(H,23,24). The lowest BCUT2D eigenvalue weighted by Crippen LogP contribution is -2.28. The lowest BCUT2D eigenvalue weighted by molar-refractivity contribution is -0.123. The first-order valence-corrected chi connectivity index (χ1v) is 8.33. The average molecular weight is 348 g/mol. The molecule has 3 rings (SSSR count). The van der Waals surface area contributed by atoms with E-state index in [0.717, 1.165) is 11.4 Å². The summed E-state index contributed by atoms with van der Waals surface area (Å²) >= 11 is 0. The maximum absolute atomic E-state index is 11.8. The summed E-state index contributed by atoms with van der Waals surface area (Å²) in [7, 11) is 0. The molecule has 1 amide bonds. The third-order valence-electron chi connectivity index (χ3n) is 3.64. The zero-order chi connectivity index (χ0) is 18.2. The maximum atomic E-state index is 11.8. The van der Waals surface area contributed by atoms with Crippen molar-refractivity contribution in [3.63, 3.8) is 0 Å². The molecule has 5 nitrogen and oxygen atoms in total. The normalized spacial score (nSPS) is 10.2. The number of pyridine rings is 1. The van der Waals surface area contributed by atoms with Gasteiger partial charge in [-0.3, -0.25) is 9.78 Å². The second kappa shape index (κ2) is 8.67. The molecule has 132 valence electrons. The molecule has 0 spiro atoms. The monoisotopic (exact) mass is 348 g/mol. The molecule has 0 aliphatic rings. The van der Waals surface area contributed by atoms with Gasteiger partial charge in [-0.15, -0.1) is 0 Å². The highest BCUT2D eigenvalue weighted by molar-refractivity contribution is 5.77. The van der Waals surface area contributed by atoms with Gasteiger partial charge in [0.05, 0.1) is 12.2 Å². The Labute approximate surface area is 152 Å². The Bertz CT molecular complexity index is 831. The lowest BCUT2D eigenvalue weighted by Gasteiger charge is -2.09. The van der Waals surface area contributed by atoms with Crippen LogP contribution in [0, 0.1) is 6.92 Å². The van der Waals surface area contributed by atoms with Gasteiger partial charge in [0.2, 0.25) is 0 Å². The van der Waals surface area contributed by atoms with E-state index in [9.17, 15) is 4.79 Å². The first kappa shape index (κ1) is 17.5. The summed E-state index contributed by atoms with van der Waals surface area (Å²) in [6, 6.07) is 20.6. The zero-order valence-corrected chi connectivity index (χ0v) is 14.5. The van der Waals surface area contributed by atoms with Gasteiger partial charge >= 0.3 is 0 Å². The molecule has 2 aromatic carbocycles. The van der Waals surface area contributed by atoms with Crippen molar-refractivity contribution >= 4 is 5.91 Å². The fraction of sp³-hybridized carbons (Fsp3) is 0.143. The van der Waals surface area contributed by atoms with E-state index in [1.165, 1.54) is 5.56 Å². The summed E-state index contributed by atoms with van der Waals surface area (Å²) in [5, 5.41) is 2.77. The number of aromatic nitrogens is 1. The predicted molar refractivity (Wildman–Crippen MR) is 99.3 cm³/mol. The van der Waals surface area contributed by atoms with E-state index in [1.54, 1.807) is 30.5 Å². The molecule has 1 aromatic heterocycles. The Morgan fingerprint density at radius 3 is 2.23 bits per heavy atom. The Hall–Kier alpha value is -3.34. The first-order valence-electron chi connectivity index (χ1n) is 8.33. The minimum Gasteiger partial charge on any atom is -0.484 e. The Morgan fingerprint density at radius 1 is 0.923 bits per heavy atom. The zero-order valence-electron chi connectivity index (χ0n) is 14.5. The average Bonchev–Trinajstić information content (AvgIpc) is 2.68. The van der Waals surface area contributed by atoms with Crippen LogP contribution >= 0.6 is 0 Å². The van der Waals surface area contributed by atoms with Crippen molar-refractivity contribution in [3.8, 4) is 17.2 Å². The van der Waals surface area contributed by atoms with Crippen LogP contribution in [0.1, 0.15) is 11.3 Å². The summed E-state index contributed by atoms with van der Waals surface area (Å²) in [6.07, 6.45) is 1.69. The molecule has 0 radical (unpaired) electrons. The number of carbonyl (C=O) groups is 1. The molecule has 0 aliphatic carbocycles. The third-order valence-corrected chi connectivity index (χ3v) is 3.64. The minimum atomic E-state index is -0.198. The highest BCUT2D eigenvalue weighted by Crippen LogP contribution is 2.24. The smallest absolute Gasteiger partial charge is 0.258 e. The van der Waals surface area contributed by atoms with Crippen LogP contribution < -0.4 is 14.8 Å². The molecular formula is C21H20N2O3. The van der Waals surface area contributed by atoms with Gasteiger partial charge in [-0.25, -0.2) is 0 Å². The van der Waals surface area contributed by atoms with E-state index in [-0.39, 0.29) is 12.5 Å². The van der Waals surface area contributed by atoms with Crippen LogP contribution in [0.2, 0.25) is 0 Å². The van der Waals surface area contributed by atoms with Crippen molar-refractivity contribution < 1.29 is 14.3 Å². The molecule has 1 heterocycles. The van der Waals surface area contributed by atoms with Crippen molar-refractivity contribution in [1.82, 2.24) is 10.3 Å². The van der Waals surface area contributed by atoms with Gasteiger partial charge in [-0.05, 0) is 55.5 Å². The number of aryl methyl sites for hydroxylation is 1. The van der Waals surface area contributed by atoms with Crippen LogP contribution in [0.5, 0.6) is 17.2 Å². The van der Waals surface area contributed by atoms with Crippen LogP contribution in [0.4, 0.5) is 0 Å². The number of ether oxygens (including phenoxy) is 2. The molecule has 5 heteroatoms. The van der Waals surface area contributed by atoms with E-state index >= 15 is 0 Å². The summed E-state index contributed by atoms with van der Waals surface area (Å²) < 4.78 is 11.2. The van der Waals surface area contributed by atoms with Gasteiger partial charge in [-0.2, -0.15) is 0 Å². The van der Waals surface area contributed by atoms with Gasteiger partial charge in [0.1, 0.15) is 17.2 Å². The van der Waals surface area contributed by atoms with Crippen molar-refractivity contribution in [1.29, 1.82) is 0 Å². The number of hydrogen-bond donors (Lipinski definition) is 1. The Kier molecular flexibility index (Phi) is 5.83. The second-order valence-electron chi connectivity index (χ2n) is 5.77.